The SMILES string of the molecule is COCCOc1ccccc1N1CCN(C(=O)[C@]2(Oc3ccc(C(F)(F)F)cc3)CCCN(C(=O)c3cnccc3C(F)(F)F)[C@@H]2COC)CC1. The second-order valence-electron chi connectivity index (χ2n) is 12.1. The summed E-state index contributed by atoms with van der Waals surface area (Å²) in [6.07, 6.45) is -7.64. The molecule has 3 heterocycles. The molecule has 0 aliphatic carbocycles. The predicted octanol–water partition coefficient (Wildman–Crippen LogP) is 5.56. The molecular formula is C35H38F6N4O6. The molecule has 2 aliphatic heterocycles. The van der Waals surface area contributed by atoms with Gasteiger partial charge < -0.3 is 33.6 Å². The number of piperidine rings is 1. The third-order valence-electron chi connectivity index (χ3n) is 8.97. The molecule has 2 aliphatic rings. The van der Waals surface area contributed by atoms with Crippen molar-refractivity contribution >= 4 is 17.5 Å². The Bertz CT molecular complexity index is 1650. The van der Waals surface area contributed by atoms with E-state index in [-0.39, 0.29) is 44.8 Å². The summed E-state index contributed by atoms with van der Waals surface area (Å²) in [5, 5.41) is 0. The molecule has 2 amide bonds. The first-order chi connectivity index (χ1) is 24.3. The number of methoxy groups -OCH3 is 2. The molecule has 0 unspecified atom stereocenters. The molecule has 16 heteroatoms. The van der Waals surface area contributed by atoms with Crippen LogP contribution in [0, 0.1) is 0 Å². The summed E-state index contributed by atoms with van der Waals surface area (Å²) >= 11 is 0. The average molecular weight is 725 g/mol. The van der Waals surface area contributed by atoms with Crippen molar-refractivity contribution in [3.8, 4) is 11.5 Å². The molecule has 5 rings (SSSR count). The van der Waals surface area contributed by atoms with Gasteiger partial charge in [0.15, 0.2) is 0 Å². The number of para-hydroxylation sites is 2. The van der Waals surface area contributed by atoms with E-state index in [0.717, 1.165) is 47.2 Å². The maximum atomic E-state index is 14.8. The van der Waals surface area contributed by atoms with Crippen molar-refractivity contribution in [3.63, 3.8) is 0 Å². The van der Waals surface area contributed by atoms with Crippen molar-refractivity contribution in [2.45, 2.75) is 36.8 Å². The lowest BCUT2D eigenvalue weighted by Crippen LogP contribution is -2.70. The molecule has 0 saturated carbocycles. The van der Waals surface area contributed by atoms with Crippen LogP contribution in [-0.2, 0) is 26.6 Å². The van der Waals surface area contributed by atoms with Crippen molar-refractivity contribution in [1.82, 2.24) is 14.8 Å². The molecule has 0 spiro atoms. The normalized spacial score (nSPS) is 19.9. The van der Waals surface area contributed by atoms with E-state index in [0.29, 0.717) is 38.1 Å². The van der Waals surface area contributed by atoms with Crippen LogP contribution in [0.15, 0.2) is 67.0 Å². The van der Waals surface area contributed by atoms with Gasteiger partial charge >= 0.3 is 12.4 Å². The van der Waals surface area contributed by atoms with E-state index in [2.05, 4.69) is 4.98 Å². The predicted molar refractivity (Wildman–Crippen MR) is 173 cm³/mol. The van der Waals surface area contributed by atoms with Crippen LogP contribution >= 0.6 is 0 Å². The highest BCUT2D eigenvalue weighted by Crippen LogP contribution is 2.40. The summed E-state index contributed by atoms with van der Waals surface area (Å²) in [4.78, 5) is 37.2. The van der Waals surface area contributed by atoms with E-state index < -0.39 is 52.5 Å². The van der Waals surface area contributed by atoms with Gasteiger partial charge in [0.25, 0.3) is 11.8 Å². The number of pyridine rings is 1. The molecule has 10 nitrogen and oxygen atoms in total. The van der Waals surface area contributed by atoms with Gasteiger partial charge in [-0.25, -0.2) is 0 Å². The van der Waals surface area contributed by atoms with Crippen LogP contribution in [0.2, 0.25) is 0 Å². The number of aromatic nitrogens is 1. The zero-order valence-electron chi connectivity index (χ0n) is 28.0. The fourth-order valence-electron chi connectivity index (χ4n) is 6.51. The Morgan fingerprint density at radius 3 is 2.22 bits per heavy atom. The first kappa shape index (κ1) is 37.7. The number of hydrogen-bond acceptors (Lipinski definition) is 8. The second kappa shape index (κ2) is 15.8. The molecular weight excluding hydrogens is 686 g/mol. The van der Waals surface area contributed by atoms with Crippen LogP contribution in [-0.4, -0.2) is 105 Å². The highest BCUT2D eigenvalue weighted by Gasteiger charge is 2.56. The number of benzene rings is 2. The monoisotopic (exact) mass is 724 g/mol. The Morgan fingerprint density at radius 2 is 1.57 bits per heavy atom. The van der Waals surface area contributed by atoms with Crippen LogP contribution in [0.1, 0.15) is 34.3 Å². The minimum atomic E-state index is -4.88. The zero-order valence-corrected chi connectivity index (χ0v) is 28.0. The summed E-state index contributed by atoms with van der Waals surface area (Å²) in [6, 6.07) is 10.6. The fourth-order valence-corrected chi connectivity index (χ4v) is 6.51. The van der Waals surface area contributed by atoms with Crippen molar-refractivity contribution in [2.75, 3.05) is 71.7 Å². The van der Waals surface area contributed by atoms with Gasteiger partial charge in [0.2, 0.25) is 5.60 Å². The van der Waals surface area contributed by atoms with Crippen LogP contribution in [0.5, 0.6) is 11.5 Å². The summed E-state index contributed by atoms with van der Waals surface area (Å²) in [5.74, 6) is -1.08. The number of anilines is 1. The molecule has 0 N–H and O–H groups in total. The molecule has 51 heavy (non-hydrogen) atoms. The fraction of sp³-hybridized carbons (Fsp3) is 0.457. The molecule has 2 atom stereocenters. The lowest BCUT2D eigenvalue weighted by atomic mass is 9.82. The Labute approximate surface area is 290 Å². The Balaban J connectivity index is 1.49. The van der Waals surface area contributed by atoms with Gasteiger partial charge in [-0.3, -0.25) is 14.6 Å². The van der Waals surface area contributed by atoms with Gasteiger partial charge in [-0.1, -0.05) is 12.1 Å². The van der Waals surface area contributed by atoms with Crippen LogP contribution in [0.25, 0.3) is 0 Å². The largest absolute Gasteiger partial charge is 0.489 e. The standard InChI is InChI=1S/C35H38F6N4O6/c1-48-20-21-50-29-7-4-3-6-28(29)43-16-18-44(19-17-43)32(47)33(51-25-10-8-24(9-11-25)34(36,37)38)13-5-15-45(30(33)23-49-2)31(46)26-22-42-14-12-27(26)35(39,40)41/h3-4,6-12,14,22,30H,5,13,15-21,23H2,1-2H3/t30-,33+/m1/s1. The smallest absolute Gasteiger partial charge is 0.417 e. The molecule has 2 fully saturated rings. The topological polar surface area (TPSA) is 93.7 Å². The van der Waals surface area contributed by atoms with Crippen LogP contribution < -0.4 is 14.4 Å². The van der Waals surface area contributed by atoms with Crippen molar-refractivity contribution < 1.29 is 54.9 Å². The number of likely N-dealkylation sites (tertiary alicyclic amines) is 1. The minimum absolute atomic E-state index is 0.000215. The molecule has 2 aromatic carbocycles. The average Bonchev–Trinajstić information content (AvgIpc) is 3.12. The van der Waals surface area contributed by atoms with Crippen molar-refractivity contribution in [2.24, 2.45) is 0 Å². The molecule has 3 aromatic rings. The minimum Gasteiger partial charge on any atom is -0.489 e. The molecule has 276 valence electrons. The molecule has 0 radical (unpaired) electrons. The van der Waals surface area contributed by atoms with Gasteiger partial charge in [-0.15, -0.1) is 0 Å². The second-order valence-corrected chi connectivity index (χ2v) is 12.1. The van der Waals surface area contributed by atoms with Gasteiger partial charge in [-0.2, -0.15) is 26.3 Å². The highest BCUT2D eigenvalue weighted by molar-refractivity contribution is 5.97. The van der Waals surface area contributed by atoms with Crippen molar-refractivity contribution in [3.05, 3.63) is 83.7 Å². The van der Waals surface area contributed by atoms with Gasteiger partial charge in [0, 0.05) is 65.8 Å². The number of nitrogens with zero attached hydrogens (tertiary/aromatic N) is 4. The highest BCUT2D eigenvalue weighted by atomic mass is 19.4. The van der Waals surface area contributed by atoms with Crippen molar-refractivity contribution in [1.29, 1.82) is 0 Å². The van der Waals surface area contributed by atoms with Crippen LogP contribution in [0.4, 0.5) is 32.0 Å². The quantitative estimate of drug-likeness (QED) is 0.188. The zero-order chi connectivity index (χ0) is 36.8. The molecule has 1 aromatic heterocycles. The lowest BCUT2D eigenvalue weighted by Gasteiger charge is -2.50. The maximum Gasteiger partial charge on any atom is 0.417 e. The number of hydrogen-bond donors (Lipinski definition) is 0. The molecule has 0 bridgehead atoms. The van der Waals surface area contributed by atoms with Gasteiger partial charge in [0.1, 0.15) is 24.1 Å². The van der Waals surface area contributed by atoms with Gasteiger partial charge in [0.05, 0.1) is 35.6 Å². The first-order valence-electron chi connectivity index (χ1n) is 16.2. The van der Waals surface area contributed by atoms with E-state index >= 15 is 0 Å². The maximum absolute atomic E-state index is 14.8. The summed E-state index contributed by atoms with van der Waals surface area (Å²) in [7, 11) is 2.87. The first-order valence-corrected chi connectivity index (χ1v) is 16.2. The summed E-state index contributed by atoms with van der Waals surface area (Å²) in [5.41, 5.74) is -3.99. The Hall–Kier alpha value is -4.57. The lowest BCUT2D eigenvalue weighted by molar-refractivity contribution is -0.162. The number of ether oxygens (including phenoxy) is 4. The van der Waals surface area contributed by atoms with E-state index in [1.165, 1.54) is 12.0 Å². The molecule has 2 saturated heterocycles. The van der Waals surface area contributed by atoms with E-state index in [1.54, 1.807) is 7.11 Å². The number of alkyl halides is 6. The number of carbonyl (C=O) groups excluding carboxylic acids is 2. The third-order valence-corrected chi connectivity index (χ3v) is 8.97. The number of rotatable bonds is 11. The van der Waals surface area contributed by atoms with E-state index in [4.69, 9.17) is 18.9 Å². The summed E-state index contributed by atoms with van der Waals surface area (Å²) in [6.45, 7) is 1.47. The number of amides is 2. The van der Waals surface area contributed by atoms with E-state index in [9.17, 15) is 35.9 Å². The van der Waals surface area contributed by atoms with Gasteiger partial charge in [-0.05, 0) is 48.9 Å². The summed E-state index contributed by atoms with van der Waals surface area (Å²) < 4.78 is 105. The Morgan fingerprint density at radius 1 is 0.863 bits per heavy atom. The number of halogens is 6. The number of piperazine rings is 1. The van der Waals surface area contributed by atoms with E-state index in [1.807, 2.05) is 29.2 Å². The number of carbonyl (C=O) groups is 2. The Kier molecular flexibility index (Phi) is 11.6. The van der Waals surface area contributed by atoms with Crippen LogP contribution in [0.3, 0.4) is 0 Å². The third kappa shape index (κ3) is 8.33.